The van der Waals surface area contributed by atoms with Crippen molar-refractivity contribution in [3.63, 3.8) is 0 Å². The largest absolute Gasteiger partial charge is 0.240 e. The van der Waals surface area contributed by atoms with Crippen molar-refractivity contribution >= 4 is 11.6 Å². The summed E-state index contributed by atoms with van der Waals surface area (Å²) >= 11 is 6.35. The molecule has 0 radical (unpaired) electrons. The van der Waals surface area contributed by atoms with E-state index in [4.69, 9.17) is 11.6 Å². The van der Waals surface area contributed by atoms with Gasteiger partial charge in [0.05, 0.1) is 0 Å². The van der Waals surface area contributed by atoms with Crippen molar-refractivity contribution in [3.8, 4) is 11.1 Å². The van der Waals surface area contributed by atoms with Gasteiger partial charge < -0.3 is 0 Å². The monoisotopic (exact) mass is 257 g/mol. The van der Waals surface area contributed by atoms with Crippen LogP contribution in [0, 0.1) is 0 Å². The van der Waals surface area contributed by atoms with Crippen LogP contribution < -0.4 is 0 Å². The standard InChI is InChI=1S/C16H16ClN/c1-11-6-5-9-13-10-14(16(17)18-15(11)13)12-7-3-2-4-8-12/h2-4,7-8,10-11H,5-6,9H2,1H3. The summed E-state index contributed by atoms with van der Waals surface area (Å²) in [6, 6.07) is 12.5. The molecule has 0 bridgehead atoms. The number of rotatable bonds is 1. The summed E-state index contributed by atoms with van der Waals surface area (Å²) in [5.41, 5.74) is 4.78. The van der Waals surface area contributed by atoms with Crippen LogP contribution in [0.15, 0.2) is 36.4 Å². The fourth-order valence-corrected chi connectivity index (χ4v) is 2.98. The van der Waals surface area contributed by atoms with Gasteiger partial charge in [0.2, 0.25) is 0 Å². The molecule has 0 aliphatic heterocycles. The molecule has 1 aromatic heterocycles. The summed E-state index contributed by atoms with van der Waals surface area (Å²) in [5.74, 6) is 0.538. The molecule has 18 heavy (non-hydrogen) atoms. The van der Waals surface area contributed by atoms with E-state index in [1.807, 2.05) is 18.2 Å². The van der Waals surface area contributed by atoms with Crippen LogP contribution >= 0.6 is 11.6 Å². The molecular weight excluding hydrogens is 242 g/mol. The predicted molar refractivity (Wildman–Crippen MR) is 76.0 cm³/mol. The first-order valence-electron chi connectivity index (χ1n) is 6.50. The summed E-state index contributed by atoms with van der Waals surface area (Å²) in [5, 5.41) is 0.633. The molecule has 2 aromatic rings. The Morgan fingerprint density at radius 1 is 1.22 bits per heavy atom. The molecule has 92 valence electrons. The molecule has 1 aliphatic carbocycles. The number of hydrogen-bond donors (Lipinski definition) is 0. The molecule has 1 atom stereocenters. The van der Waals surface area contributed by atoms with Gasteiger partial charge in [-0.3, -0.25) is 0 Å². The Morgan fingerprint density at radius 3 is 2.78 bits per heavy atom. The predicted octanol–water partition coefficient (Wildman–Crippen LogP) is 4.84. The van der Waals surface area contributed by atoms with Gasteiger partial charge in [-0.2, -0.15) is 0 Å². The summed E-state index contributed by atoms with van der Waals surface area (Å²) in [6.45, 7) is 2.24. The highest BCUT2D eigenvalue weighted by molar-refractivity contribution is 6.32. The van der Waals surface area contributed by atoms with E-state index in [0.29, 0.717) is 11.1 Å². The number of fused-ring (bicyclic) bond motifs is 1. The Bertz CT molecular complexity index is 563. The van der Waals surface area contributed by atoms with Crippen molar-refractivity contribution in [1.82, 2.24) is 4.98 Å². The van der Waals surface area contributed by atoms with Gasteiger partial charge in [0.15, 0.2) is 0 Å². The number of halogens is 1. The van der Waals surface area contributed by atoms with Gasteiger partial charge in [-0.05, 0) is 42.4 Å². The number of aryl methyl sites for hydroxylation is 1. The van der Waals surface area contributed by atoms with Crippen LogP contribution in [0.3, 0.4) is 0 Å². The maximum Gasteiger partial charge on any atom is 0.137 e. The summed E-state index contributed by atoms with van der Waals surface area (Å²) in [7, 11) is 0. The first kappa shape index (κ1) is 11.7. The maximum atomic E-state index is 6.35. The fourth-order valence-electron chi connectivity index (χ4n) is 2.73. The molecule has 2 heteroatoms. The molecule has 0 amide bonds. The van der Waals surface area contributed by atoms with Gasteiger partial charge in [-0.15, -0.1) is 0 Å². The minimum absolute atomic E-state index is 0.538. The second-order valence-corrected chi connectivity index (χ2v) is 5.39. The van der Waals surface area contributed by atoms with Gasteiger partial charge >= 0.3 is 0 Å². The number of hydrogen-bond acceptors (Lipinski definition) is 1. The van der Waals surface area contributed by atoms with Crippen LogP contribution in [0.4, 0.5) is 0 Å². The fraction of sp³-hybridized carbons (Fsp3) is 0.312. The van der Waals surface area contributed by atoms with Gasteiger partial charge in [0, 0.05) is 11.3 Å². The van der Waals surface area contributed by atoms with E-state index in [-0.39, 0.29) is 0 Å². The normalized spacial score (nSPS) is 18.4. The highest BCUT2D eigenvalue weighted by Gasteiger charge is 2.20. The minimum Gasteiger partial charge on any atom is -0.240 e. The number of aromatic nitrogens is 1. The molecule has 0 saturated heterocycles. The molecule has 0 saturated carbocycles. The molecule has 0 fully saturated rings. The Balaban J connectivity index is 2.13. The molecule has 1 unspecified atom stereocenters. The van der Waals surface area contributed by atoms with Crippen molar-refractivity contribution in [2.45, 2.75) is 32.1 Å². The van der Waals surface area contributed by atoms with E-state index in [1.165, 1.54) is 24.1 Å². The topological polar surface area (TPSA) is 12.9 Å². The Morgan fingerprint density at radius 2 is 2.00 bits per heavy atom. The lowest BCUT2D eigenvalue weighted by molar-refractivity contribution is 0.574. The maximum absolute atomic E-state index is 6.35. The number of pyridine rings is 1. The highest BCUT2D eigenvalue weighted by atomic mass is 35.5. The van der Waals surface area contributed by atoms with E-state index >= 15 is 0 Å². The molecule has 1 aromatic carbocycles. The second kappa shape index (κ2) is 4.74. The third kappa shape index (κ3) is 2.04. The smallest absolute Gasteiger partial charge is 0.137 e. The Kier molecular flexibility index (Phi) is 3.09. The number of nitrogens with zero attached hydrogens (tertiary/aromatic N) is 1. The van der Waals surface area contributed by atoms with Crippen molar-refractivity contribution in [1.29, 1.82) is 0 Å². The Labute approximate surface area is 113 Å². The average Bonchev–Trinajstić information content (AvgIpc) is 2.40. The molecule has 1 aliphatic rings. The van der Waals surface area contributed by atoms with Crippen molar-refractivity contribution in [2.24, 2.45) is 0 Å². The lowest BCUT2D eigenvalue weighted by Crippen LogP contribution is -2.10. The van der Waals surface area contributed by atoms with Gasteiger partial charge in [-0.1, -0.05) is 48.9 Å². The lowest BCUT2D eigenvalue weighted by atomic mass is 9.87. The molecule has 0 N–H and O–H groups in total. The third-order valence-electron chi connectivity index (χ3n) is 3.72. The zero-order valence-electron chi connectivity index (χ0n) is 10.5. The average molecular weight is 258 g/mol. The summed E-state index contributed by atoms with van der Waals surface area (Å²) in [4.78, 5) is 4.64. The third-order valence-corrected chi connectivity index (χ3v) is 4.01. The van der Waals surface area contributed by atoms with Gasteiger partial charge in [-0.25, -0.2) is 4.98 Å². The van der Waals surface area contributed by atoms with Crippen LogP contribution in [0.5, 0.6) is 0 Å². The van der Waals surface area contributed by atoms with E-state index in [1.54, 1.807) is 0 Å². The summed E-state index contributed by atoms with van der Waals surface area (Å²) in [6.07, 6.45) is 3.61. The second-order valence-electron chi connectivity index (χ2n) is 5.03. The molecule has 0 spiro atoms. The highest BCUT2D eigenvalue weighted by Crippen LogP contribution is 2.35. The molecular formula is C16H16ClN. The van der Waals surface area contributed by atoms with Crippen LogP contribution in [-0.2, 0) is 6.42 Å². The quantitative estimate of drug-likeness (QED) is 0.666. The van der Waals surface area contributed by atoms with Crippen LogP contribution in [-0.4, -0.2) is 4.98 Å². The van der Waals surface area contributed by atoms with Crippen LogP contribution in [0.25, 0.3) is 11.1 Å². The Hall–Kier alpha value is -1.34. The van der Waals surface area contributed by atoms with Gasteiger partial charge in [0.1, 0.15) is 5.15 Å². The molecule has 1 heterocycles. The zero-order chi connectivity index (χ0) is 12.5. The van der Waals surface area contributed by atoms with Crippen molar-refractivity contribution < 1.29 is 0 Å². The first-order valence-corrected chi connectivity index (χ1v) is 6.88. The van der Waals surface area contributed by atoms with Crippen molar-refractivity contribution in [3.05, 3.63) is 52.8 Å². The van der Waals surface area contributed by atoms with E-state index < -0.39 is 0 Å². The zero-order valence-corrected chi connectivity index (χ0v) is 11.2. The van der Waals surface area contributed by atoms with Crippen LogP contribution in [0.2, 0.25) is 5.15 Å². The number of benzene rings is 1. The minimum atomic E-state index is 0.538. The van der Waals surface area contributed by atoms with E-state index in [9.17, 15) is 0 Å². The van der Waals surface area contributed by atoms with Gasteiger partial charge in [0.25, 0.3) is 0 Å². The lowest BCUT2D eigenvalue weighted by Gasteiger charge is -2.22. The van der Waals surface area contributed by atoms with Crippen molar-refractivity contribution in [2.75, 3.05) is 0 Å². The summed E-state index contributed by atoms with van der Waals surface area (Å²) < 4.78 is 0. The first-order chi connectivity index (χ1) is 8.75. The molecule has 3 rings (SSSR count). The SMILES string of the molecule is CC1CCCc2cc(-c3ccccc3)c(Cl)nc21. The van der Waals surface area contributed by atoms with Crippen LogP contribution in [0.1, 0.15) is 36.9 Å². The molecule has 1 nitrogen and oxygen atoms in total. The van der Waals surface area contributed by atoms with E-state index in [2.05, 4.69) is 30.1 Å². The van der Waals surface area contributed by atoms with E-state index in [0.717, 1.165) is 17.5 Å².